The molecular weight excluding hydrogens is 619 g/mol. The van der Waals surface area contributed by atoms with Crippen LogP contribution in [0, 0.1) is 5.92 Å². The SMILES string of the molecule is CC1=CCC(C2=C3C(=CC=CC(=[Si](C)C)C3C)[C]([Hf]([Br])[Br])=C2C)=C1C. The van der Waals surface area contributed by atoms with Crippen LogP contribution in [0.1, 0.15) is 34.1 Å². The number of hydrogen-bond donors (Lipinski definition) is 0. The summed E-state index contributed by atoms with van der Waals surface area (Å²) in [4.78, 5) is 0. The first-order valence-electron chi connectivity index (χ1n) is 8.83. The first kappa shape index (κ1) is 20.1. The van der Waals surface area contributed by atoms with Gasteiger partial charge in [-0.05, 0) is 0 Å². The van der Waals surface area contributed by atoms with Crippen LogP contribution >= 0.6 is 24.6 Å². The summed E-state index contributed by atoms with van der Waals surface area (Å²) < 4.78 is 1.61. The second-order valence-corrected chi connectivity index (χ2v) is 35.3. The van der Waals surface area contributed by atoms with Gasteiger partial charge in [-0.25, -0.2) is 0 Å². The van der Waals surface area contributed by atoms with E-state index >= 15 is 0 Å². The van der Waals surface area contributed by atoms with E-state index in [-0.39, 0.29) is 0 Å². The van der Waals surface area contributed by atoms with Crippen molar-refractivity contribution in [2.45, 2.75) is 47.2 Å². The number of rotatable bonds is 2. The van der Waals surface area contributed by atoms with E-state index in [1.807, 2.05) is 0 Å². The summed E-state index contributed by atoms with van der Waals surface area (Å²) in [6, 6.07) is 0. The van der Waals surface area contributed by atoms with Gasteiger partial charge in [-0.15, -0.1) is 0 Å². The Hall–Kier alpha value is 0.357. The van der Waals surface area contributed by atoms with Crippen LogP contribution in [-0.4, -0.2) is 13.6 Å². The summed E-state index contributed by atoms with van der Waals surface area (Å²) in [5.41, 5.74) is 10.7. The molecule has 3 rings (SSSR count). The molecule has 3 aliphatic carbocycles. The van der Waals surface area contributed by atoms with Gasteiger partial charge in [0.1, 0.15) is 0 Å². The number of halogens is 2. The van der Waals surface area contributed by atoms with E-state index in [9.17, 15) is 0 Å². The van der Waals surface area contributed by atoms with Crippen molar-refractivity contribution >= 4 is 38.2 Å². The molecule has 0 N–H and O–H groups in total. The molecule has 0 bridgehead atoms. The fourth-order valence-corrected chi connectivity index (χ4v) is 17.1. The van der Waals surface area contributed by atoms with Gasteiger partial charge in [-0.1, -0.05) is 0 Å². The van der Waals surface area contributed by atoms with Crippen LogP contribution in [0.25, 0.3) is 0 Å². The molecule has 0 heterocycles. The fourth-order valence-electron chi connectivity index (χ4n) is 4.29. The number of hydrogen-bond acceptors (Lipinski definition) is 0. The van der Waals surface area contributed by atoms with E-state index in [0.717, 1.165) is 6.42 Å². The third-order valence-corrected chi connectivity index (χ3v) is 17.7. The maximum absolute atomic E-state index is 4.01. The van der Waals surface area contributed by atoms with Crippen LogP contribution in [0.2, 0.25) is 13.1 Å². The molecule has 3 aliphatic rings. The van der Waals surface area contributed by atoms with Crippen molar-refractivity contribution < 1.29 is 16.8 Å². The molecule has 0 aromatic carbocycles. The normalized spacial score (nSPS) is 23.2. The monoisotopic (exact) mass is 643 g/mol. The summed E-state index contributed by atoms with van der Waals surface area (Å²) in [6.45, 7) is 14.2. The van der Waals surface area contributed by atoms with Crippen molar-refractivity contribution in [2.75, 3.05) is 0 Å². The molecule has 0 amide bonds. The Bertz CT molecular complexity index is 856. The Balaban J connectivity index is 2.31. The number of fused-ring (bicyclic) bond motifs is 1. The Labute approximate surface area is 173 Å². The molecule has 4 heteroatoms. The van der Waals surface area contributed by atoms with Crippen LogP contribution in [0.5, 0.6) is 0 Å². The van der Waals surface area contributed by atoms with Gasteiger partial charge < -0.3 is 0 Å². The van der Waals surface area contributed by atoms with Gasteiger partial charge in [0.05, 0.1) is 0 Å². The molecule has 0 aromatic heterocycles. The standard InChI is InChI=1S/C21H25Si.2BrH.Hf/c1-13-10-11-18(15(13)3)20-14(2)12-17-8-7-9-19(22(5)6)16(4)21(17)20;;;/h7-10,16H,11H2,1-6H3;2*1H;/q;;;+2/p-2. The predicted octanol–water partition coefficient (Wildman–Crippen LogP) is 7.12. The number of allylic oxidation sites excluding steroid dienone is 12. The Morgan fingerprint density at radius 3 is 2.32 bits per heavy atom. The van der Waals surface area contributed by atoms with Crippen molar-refractivity contribution in [3.8, 4) is 0 Å². The van der Waals surface area contributed by atoms with E-state index in [1.165, 1.54) is 22.3 Å². The van der Waals surface area contributed by atoms with Gasteiger partial charge in [0.15, 0.2) is 0 Å². The molecule has 0 aromatic rings. The Kier molecular flexibility index (Phi) is 6.25. The van der Waals surface area contributed by atoms with Gasteiger partial charge >= 0.3 is 175 Å². The topological polar surface area (TPSA) is 0 Å². The van der Waals surface area contributed by atoms with Crippen LogP contribution in [0.15, 0.2) is 66.6 Å². The van der Waals surface area contributed by atoms with Gasteiger partial charge in [0.25, 0.3) is 0 Å². The second kappa shape index (κ2) is 7.77. The molecule has 0 saturated heterocycles. The Morgan fingerprint density at radius 1 is 1.12 bits per heavy atom. The second-order valence-electron chi connectivity index (χ2n) is 7.36. The summed E-state index contributed by atoms with van der Waals surface area (Å²) in [5, 5.41) is 1.65. The minimum atomic E-state index is -2.04. The third-order valence-electron chi connectivity index (χ3n) is 5.74. The zero-order chi connectivity index (χ0) is 18.5. The first-order valence-corrected chi connectivity index (χ1v) is 28.8. The molecule has 0 aliphatic heterocycles. The van der Waals surface area contributed by atoms with Crippen LogP contribution in [0.4, 0.5) is 0 Å². The van der Waals surface area contributed by atoms with Crippen molar-refractivity contribution in [1.29, 1.82) is 0 Å². The molecule has 0 radical (unpaired) electrons. The zero-order valence-corrected chi connectivity index (χ0v) is 23.6. The van der Waals surface area contributed by atoms with E-state index in [1.54, 1.807) is 25.2 Å². The minimum absolute atomic E-state index is 0.460. The van der Waals surface area contributed by atoms with Gasteiger partial charge in [0, 0.05) is 0 Å². The summed E-state index contributed by atoms with van der Waals surface area (Å²) >= 11 is 5.98. The predicted molar refractivity (Wildman–Crippen MR) is 118 cm³/mol. The summed E-state index contributed by atoms with van der Waals surface area (Å²) in [7, 11) is -0.460. The van der Waals surface area contributed by atoms with E-state index in [0.29, 0.717) is 5.92 Å². The van der Waals surface area contributed by atoms with Crippen molar-refractivity contribution in [1.82, 2.24) is 0 Å². The fraction of sp³-hybridized carbons (Fsp3) is 0.381. The molecular formula is C21H25Br2HfSi. The average molecular weight is 644 g/mol. The van der Waals surface area contributed by atoms with Crippen LogP contribution < -0.4 is 0 Å². The van der Waals surface area contributed by atoms with Crippen molar-refractivity contribution in [3.63, 3.8) is 0 Å². The molecule has 1 atom stereocenters. The quantitative estimate of drug-likeness (QED) is 0.282. The van der Waals surface area contributed by atoms with Gasteiger partial charge in [-0.3, -0.25) is 0 Å². The van der Waals surface area contributed by atoms with Crippen LogP contribution in [0.3, 0.4) is 0 Å². The average Bonchev–Trinajstić information content (AvgIpc) is 2.93. The van der Waals surface area contributed by atoms with E-state index < -0.39 is 25.2 Å². The van der Waals surface area contributed by atoms with Crippen molar-refractivity contribution in [3.05, 3.63) is 66.6 Å². The molecule has 25 heavy (non-hydrogen) atoms. The summed E-state index contributed by atoms with van der Waals surface area (Å²) in [5.74, 6) is 0.517. The molecule has 131 valence electrons. The molecule has 0 nitrogen and oxygen atoms in total. The van der Waals surface area contributed by atoms with Crippen LogP contribution in [-0.2, 0) is 16.8 Å². The third kappa shape index (κ3) is 3.46. The van der Waals surface area contributed by atoms with Gasteiger partial charge in [0.2, 0.25) is 0 Å². The molecule has 0 spiro atoms. The van der Waals surface area contributed by atoms with Crippen molar-refractivity contribution in [2.24, 2.45) is 5.92 Å². The molecule has 1 unspecified atom stereocenters. The first-order chi connectivity index (χ1) is 11.8. The Morgan fingerprint density at radius 2 is 1.80 bits per heavy atom. The van der Waals surface area contributed by atoms with E-state index in [2.05, 4.69) is 89.7 Å². The molecule has 0 fully saturated rings. The zero-order valence-electron chi connectivity index (χ0n) is 15.8. The molecule has 0 saturated carbocycles. The summed E-state index contributed by atoms with van der Waals surface area (Å²) in [6.07, 6.45) is 10.6. The van der Waals surface area contributed by atoms with E-state index in [4.69, 9.17) is 0 Å². The van der Waals surface area contributed by atoms with Gasteiger partial charge in [-0.2, -0.15) is 0 Å². The maximum atomic E-state index is 4.01.